The lowest BCUT2D eigenvalue weighted by Gasteiger charge is -2.35. The Hall–Kier alpha value is -3.13. The molecule has 0 bridgehead atoms. The maximum atomic E-state index is 13.3. The van der Waals surface area contributed by atoms with E-state index in [1.54, 1.807) is 24.3 Å². The van der Waals surface area contributed by atoms with Gasteiger partial charge in [0, 0.05) is 30.6 Å². The van der Waals surface area contributed by atoms with Gasteiger partial charge in [-0.1, -0.05) is 50.3 Å². The number of esters is 1. The van der Waals surface area contributed by atoms with Crippen LogP contribution in [0.5, 0.6) is 5.75 Å². The molecule has 12 heteroatoms. The number of H-pyrrole nitrogens is 1. The number of hydrogen-bond donors (Lipinski definition) is 4. The van der Waals surface area contributed by atoms with E-state index in [0.717, 1.165) is 82.9 Å². The standard InChI is InChI=1S/C37H48N2O7S2.FH/c1-39(26-13-15-27(16-14-26)46-36(43)37(44,32-11-8-24-47-32)33-12-9-25-48-33)21-23-45-22-7-5-3-2-4-6-10-30(40)28-17-19-31(41)35-29(28)18-20-34(42)38-35;/h8-9,11-12,17-20,24-27,30,40-41,44H,2-7,10,13-16,21-23H2,1H3,(H,38,42);1H/t26?,27?,30-;/m0./s1. The first-order valence-corrected chi connectivity index (χ1v) is 18.9. The highest BCUT2D eigenvalue weighted by atomic mass is 32.1. The van der Waals surface area contributed by atoms with Crippen LogP contribution in [0.1, 0.15) is 92.1 Å². The molecule has 49 heavy (non-hydrogen) atoms. The number of fused-ring (bicyclic) bond motifs is 1. The normalized spacial score (nSPS) is 17.2. The number of aromatic amines is 1. The maximum Gasteiger partial charge on any atom is 0.349 e. The monoisotopic (exact) mass is 716 g/mol. The van der Waals surface area contributed by atoms with Crippen LogP contribution in [0.15, 0.2) is 64.1 Å². The van der Waals surface area contributed by atoms with E-state index in [4.69, 9.17) is 9.47 Å². The number of unbranched alkanes of at least 4 members (excludes halogenated alkanes) is 5. The molecule has 0 radical (unpaired) electrons. The molecule has 1 atom stereocenters. The van der Waals surface area contributed by atoms with Gasteiger partial charge >= 0.3 is 5.97 Å². The topological polar surface area (TPSA) is 132 Å². The molecule has 0 spiro atoms. The van der Waals surface area contributed by atoms with Gasteiger partial charge in [-0.25, -0.2) is 4.79 Å². The number of aliphatic hydroxyl groups is 2. The van der Waals surface area contributed by atoms with E-state index in [2.05, 4.69) is 16.9 Å². The van der Waals surface area contributed by atoms with Gasteiger partial charge in [0.05, 0.1) is 28.0 Å². The molecule has 0 amide bonds. The van der Waals surface area contributed by atoms with Crippen LogP contribution in [0.25, 0.3) is 10.9 Å². The second-order valence-electron chi connectivity index (χ2n) is 12.8. The zero-order valence-electron chi connectivity index (χ0n) is 28.1. The van der Waals surface area contributed by atoms with E-state index in [9.17, 15) is 24.9 Å². The number of hydrogen-bond acceptors (Lipinski definition) is 10. The summed E-state index contributed by atoms with van der Waals surface area (Å²) in [4.78, 5) is 31.1. The fourth-order valence-corrected chi connectivity index (χ4v) is 8.29. The van der Waals surface area contributed by atoms with Gasteiger partial charge in [0.25, 0.3) is 0 Å². The molecule has 1 aliphatic rings. The number of carbonyl (C=O) groups excluding carboxylic acids is 1. The third-order valence-corrected chi connectivity index (χ3v) is 11.4. The second-order valence-corrected chi connectivity index (χ2v) is 14.7. The Morgan fingerprint density at radius 1 is 0.939 bits per heavy atom. The average molecular weight is 717 g/mol. The first-order valence-electron chi connectivity index (χ1n) is 17.1. The molecule has 1 aromatic carbocycles. The SMILES string of the molecule is CN(CCOCCCCCCCC[C@H](O)c1ccc(O)c2[nH]c(=O)ccc12)C1CCC(OC(=O)C(O)(c2cccs2)c2cccs2)CC1.F. The van der Waals surface area contributed by atoms with Crippen molar-refractivity contribution in [2.24, 2.45) is 0 Å². The molecule has 4 N–H and O–H groups in total. The van der Waals surface area contributed by atoms with E-state index in [0.29, 0.717) is 39.7 Å². The molecule has 1 fully saturated rings. The molecule has 0 saturated heterocycles. The summed E-state index contributed by atoms with van der Waals surface area (Å²) in [6.07, 6.45) is 9.58. The minimum absolute atomic E-state index is 0. The summed E-state index contributed by atoms with van der Waals surface area (Å²) in [6, 6.07) is 14.0. The summed E-state index contributed by atoms with van der Waals surface area (Å²) in [6.45, 7) is 2.31. The molecule has 268 valence electrons. The van der Waals surface area contributed by atoms with Crippen LogP contribution in [0.3, 0.4) is 0 Å². The molecule has 0 unspecified atom stereocenters. The lowest BCUT2D eigenvalue weighted by atomic mass is 9.91. The Kier molecular flexibility index (Phi) is 14.8. The van der Waals surface area contributed by atoms with Gasteiger partial charge in [-0.05, 0) is 86.2 Å². The Morgan fingerprint density at radius 2 is 1.59 bits per heavy atom. The van der Waals surface area contributed by atoms with Gasteiger partial charge in [0.15, 0.2) is 0 Å². The van der Waals surface area contributed by atoms with Gasteiger partial charge in [0.1, 0.15) is 11.9 Å². The largest absolute Gasteiger partial charge is 0.506 e. The van der Waals surface area contributed by atoms with Gasteiger partial charge in [-0.15, -0.1) is 22.7 Å². The molecule has 3 heterocycles. The van der Waals surface area contributed by atoms with Crippen molar-refractivity contribution in [3.8, 4) is 5.75 Å². The fraction of sp³-hybridized carbons (Fsp3) is 0.514. The molecular weight excluding hydrogens is 668 g/mol. The van der Waals surface area contributed by atoms with Gasteiger partial charge < -0.3 is 34.7 Å². The van der Waals surface area contributed by atoms with Crippen LogP contribution in [-0.2, 0) is 19.9 Å². The smallest absolute Gasteiger partial charge is 0.349 e. The number of ether oxygens (including phenoxy) is 2. The third-order valence-electron chi connectivity index (χ3n) is 9.46. The van der Waals surface area contributed by atoms with E-state index in [1.807, 2.05) is 22.9 Å². The Labute approximate surface area is 294 Å². The molecule has 1 saturated carbocycles. The minimum atomic E-state index is -1.76. The number of aromatic hydroxyl groups is 1. The molecule has 0 aliphatic heterocycles. The molecular formula is C37H49FN2O7S2. The Morgan fingerprint density at radius 3 is 2.24 bits per heavy atom. The average Bonchev–Trinajstić information content (AvgIpc) is 3.84. The zero-order valence-corrected chi connectivity index (χ0v) is 29.7. The second kappa shape index (κ2) is 18.7. The summed E-state index contributed by atoms with van der Waals surface area (Å²) in [7, 11) is 2.13. The van der Waals surface area contributed by atoms with Crippen molar-refractivity contribution in [3.63, 3.8) is 0 Å². The Bertz CT molecular complexity index is 1590. The number of pyridine rings is 1. The predicted molar refractivity (Wildman–Crippen MR) is 193 cm³/mol. The van der Waals surface area contributed by atoms with Crippen molar-refractivity contribution in [2.45, 2.75) is 94.5 Å². The van der Waals surface area contributed by atoms with Crippen LogP contribution in [0.2, 0.25) is 0 Å². The lowest BCUT2D eigenvalue weighted by Crippen LogP contribution is -2.42. The van der Waals surface area contributed by atoms with Gasteiger partial charge in [-0.3, -0.25) is 9.50 Å². The highest BCUT2D eigenvalue weighted by Gasteiger charge is 2.45. The predicted octanol–water partition coefficient (Wildman–Crippen LogP) is 7.01. The number of benzene rings is 1. The summed E-state index contributed by atoms with van der Waals surface area (Å²) in [5.74, 6) is -0.582. The summed E-state index contributed by atoms with van der Waals surface area (Å²) < 4.78 is 11.8. The van der Waals surface area contributed by atoms with Crippen LogP contribution in [0.4, 0.5) is 4.70 Å². The fourth-order valence-electron chi connectivity index (χ4n) is 6.58. The van der Waals surface area contributed by atoms with Crippen LogP contribution in [0, 0.1) is 0 Å². The molecule has 5 rings (SSSR count). The van der Waals surface area contributed by atoms with Crippen molar-refractivity contribution in [1.29, 1.82) is 0 Å². The number of thiophene rings is 2. The first-order chi connectivity index (χ1) is 23.3. The summed E-state index contributed by atoms with van der Waals surface area (Å²) in [5.41, 5.74) is -0.947. The molecule has 3 aromatic heterocycles. The third kappa shape index (κ3) is 9.99. The number of rotatable bonds is 18. The minimum Gasteiger partial charge on any atom is -0.506 e. The van der Waals surface area contributed by atoms with Crippen molar-refractivity contribution in [2.75, 3.05) is 26.8 Å². The van der Waals surface area contributed by atoms with Gasteiger partial charge in [-0.2, -0.15) is 0 Å². The van der Waals surface area contributed by atoms with E-state index in [-0.39, 0.29) is 22.1 Å². The highest BCUT2D eigenvalue weighted by Crippen LogP contribution is 2.38. The number of carbonyl (C=O) groups is 1. The molecule has 9 nitrogen and oxygen atoms in total. The number of aliphatic hydroxyl groups excluding tert-OH is 1. The van der Waals surface area contributed by atoms with Crippen molar-refractivity contribution >= 4 is 39.5 Å². The van der Waals surface area contributed by atoms with E-state index >= 15 is 0 Å². The number of aromatic nitrogens is 1. The van der Waals surface area contributed by atoms with Gasteiger partial charge in [0.2, 0.25) is 11.2 Å². The van der Waals surface area contributed by atoms with E-state index in [1.165, 1.54) is 34.8 Å². The lowest BCUT2D eigenvalue weighted by molar-refractivity contribution is -0.169. The number of nitrogens with one attached hydrogen (secondary N) is 1. The number of nitrogens with zero attached hydrogens (tertiary/aromatic N) is 1. The number of likely N-dealkylation sites (N-methyl/N-ethyl adjacent to an activating group) is 1. The van der Waals surface area contributed by atoms with Crippen LogP contribution >= 0.6 is 22.7 Å². The first kappa shape index (κ1) is 38.7. The van der Waals surface area contributed by atoms with Crippen molar-refractivity contribution < 1.29 is 34.3 Å². The van der Waals surface area contributed by atoms with Crippen molar-refractivity contribution in [3.05, 3.63) is 85.0 Å². The highest BCUT2D eigenvalue weighted by molar-refractivity contribution is 7.12. The number of phenolic OH excluding ortho intramolecular Hbond substituents is 1. The quantitative estimate of drug-likeness (QED) is 0.0639. The zero-order chi connectivity index (χ0) is 33.9. The number of phenols is 1. The molecule has 1 aliphatic carbocycles. The van der Waals surface area contributed by atoms with Crippen molar-refractivity contribution in [1.82, 2.24) is 9.88 Å². The van der Waals surface area contributed by atoms with Crippen LogP contribution < -0.4 is 5.56 Å². The summed E-state index contributed by atoms with van der Waals surface area (Å²) >= 11 is 2.72. The van der Waals surface area contributed by atoms with E-state index < -0.39 is 17.7 Å². The Balaban J connectivity index is 0.00000541. The number of halogens is 1. The van der Waals surface area contributed by atoms with Crippen LogP contribution in [-0.4, -0.2) is 70.1 Å². The summed E-state index contributed by atoms with van der Waals surface area (Å²) in [5, 5.41) is 36.7. The molecule has 4 aromatic rings. The maximum absolute atomic E-state index is 13.3.